The molecule has 0 aliphatic carbocycles. The van der Waals surface area contributed by atoms with Gasteiger partial charge in [-0.15, -0.1) is 0 Å². The molecule has 3 aromatic rings. The molecule has 3 rings (SSSR count). The quantitative estimate of drug-likeness (QED) is 0.564. The van der Waals surface area contributed by atoms with Crippen molar-refractivity contribution in [3.8, 4) is 11.5 Å². The molecule has 0 saturated heterocycles. The lowest BCUT2D eigenvalue weighted by Crippen LogP contribution is -2.14. The summed E-state index contributed by atoms with van der Waals surface area (Å²) in [5.41, 5.74) is 1.87. The zero-order valence-electron chi connectivity index (χ0n) is 14.5. The average Bonchev–Trinajstić information content (AvgIpc) is 2.69. The van der Waals surface area contributed by atoms with Crippen molar-refractivity contribution in [1.29, 1.82) is 0 Å². The van der Waals surface area contributed by atoms with Crippen molar-refractivity contribution in [3.05, 3.63) is 87.9 Å². The van der Waals surface area contributed by atoms with Crippen LogP contribution in [0.3, 0.4) is 0 Å². The highest BCUT2D eigenvalue weighted by Crippen LogP contribution is 2.34. The number of nitrogens with one attached hydrogen (secondary N) is 1. The zero-order valence-corrected chi connectivity index (χ0v) is 16.1. The van der Waals surface area contributed by atoms with Gasteiger partial charge in [0, 0.05) is 5.69 Å². The first-order valence-corrected chi connectivity index (χ1v) is 8.94. The second kappa shape index (κ2) is 8.80. The van der Waals surface area contributed by atoms with Crippen LogP contribution in [-0.2, 0) is 6.61 Å². The second-order valence-corrected chi connectivity index (χ2v) is 6.50. The number of carbonyl (C=O) groups excluding carboxylic acids is 1. The summed E-state index contributed by atoms with van der Waals surface area (Å²) >= 11 is 12.2. The molecule has 0 atom stereocenters. The number of rotatable bonds is 6. The summed E-state index contributed by atoms with van der Waals surface area (Å²) in [4.78, 5) is 12.6. The van der Waals surface area contributed by atoms with E-state index in [1.54, 1.807) is 36.4 Å². The van der Waals surface area contributed by atoms with Crippen LogP contribution < -0.4 is 14.8 Å². The molecule has 0 fully saturated rings. The molecular formula is C21H17Cl2NO3. The van der Waals surface area contributed by atoms with Crippen LogP contribution in [-0.4, -0.2) is 13.0 Å². The van der Waals surface area contributed by atoms with Crippen molar-refractivity contribution < 1.29 is 14.3 Å². The number of hydrogen-bond donors (Lipinski definition) is 1. The number of methoxy groups -OCH3 is 1. The molecule has 0 heterocycles. The maximum Gasteiger partial charge on any atom is 0.261 e. The van der Waals surface area contributed by atoms with E-state index in [0.29, 0.717) is 23.1 Å². The van der Waals surface area contributed by atoms with Gasteiger partial charge in [-0.05, 0) is 42.0 Å². The van der Waals surface area contributed by atoms with E-state index in [1.165, 1.54) is 7.11 Å². The molecular weight excluding hydrogens is 385 g/mol. The van der Waals surface area contributed by atoms with E-state index in [1.807, 2.05) is 30.3 Å². The molecule has 3 aromatic carbocycles. The Morgan fingerprint density at radius 3 is 2.26 bits per heavy atom. The Bertz CT molecular complexity index is 928. The fourth-order valence-electron chi connectivity index (χ4n) is 2.51. The molecule has 1 N–H and O–H groups in total. The first-order valence-electron chi connectivity index (χ1n) is 8.18. The van der Waals surface area contributed by atoms with Gasteiger partial charge in [-0.25, -0.2) is 0 Å². The summed E-state index contributed by atoms with van der Waals surface area (Å²) in [6.45, 7) is 0.474. The average molecular weight is 402 g/mol. The van der Waals surface area contributed by atoms with E-state index in [4.69, 9.17) is 32.7 Å². The number of benzene rings is 3. The lowest BCUT2D eigenvalue weighted by molar-refractivity contribution is 0.102. The van der Waals surface area contributed by atoms with Gasteiger partial charge in [-0.1, -0.05) is 53.5 Å². The normalized spacial score (nSPS) is 10.3. The van der Waals surface area contributed by atoms with Gasteiger partial charge in [0.15, 0.2) is 5.75 Å². The first-order chi connectivity index (χ1) is 13.1. The predicted molar refractivity (Wildman–Crippen MR) is 108 cm³/mol. The first kappa shape index (κ1) is 19.1. The number of amides is 1. The summed E-state index contributed by atoms with van der Waals surface area (Å²) in [6, 6.07) is 20.1. The molecule has 1 amide bonds. The third-order valence-electron chi connectivity index (χ3n) is 3.85. The van der Waals surface area contributed by atoms with E-state index >= 15 is 0 Å². The second-order valence-electron chi connectivity index (χ2n) is 5.69. The van der Waals surface area contributed by atoms with Crippen molar-refractivity contribution in [1.82, 2.24) is 0 Å². The van der Waals surface area contributed by atoms with Crippen LogP contribution in [0.15, 0.2) is 66.7 Å². The SMILES string of the molecule is COc1c(Cl)ccc(Cl)c1C(=O)Nc1ccc(OCc2ccccc2)cc1. The van der Waals surface area contributed by atoms with Crippen molar-refractivity contribution in [2.75, 3.05) is 12.4 Å². The summed E-state index contributed by atoms with van der Waals surface area (Å²) in [6.07, 6.45) is 0. The van der Waals surface area contributed by atoms with E-state index in [2.05, 4.69) is 5.32 Å². The minimum Gasteiger partial charge on any atom is -0.494 e. The topological polar surface area (TPSA) is 47.6 Å². The molecule has 0 aliphatic heterocycles. The lowest BCUT2D eigenvalue weighted by atomic mass is 10.1. The Kier molecular flexibility index (Phi) is 6.22. The number of carbonyl (C=O) groups is 1. The minimum absolute atomic E-state index is 0.191. The maximum absolute atomic E-state index is 12.6. The van der Waals surface area contributed by atoms with E-state index in [-0.39, 0.29) is 16.3 Å². The molecule has 0 saturated carbocycles. The fraction of sp³-hybridized carbons (Fsp3) is 0.0952. The van der Waals surface area contributed by atoms with Gasteiger partial charge in [0.2, 0.25) is 0 Å². The number of ether oxygens (including phenoxy) is 2. The molecule has 0 radical (unpaired) electrons. The number of hydrogen-bond acceptors (Lipinski definition) is 3. The zero-order chi connectivity index (χ0) is 19.2. The molecule has 138 valence electrons. The number of anilines is 1. The van der Waals surface area contributed by atoms with Crippen LogP contribution in [0.4, 0.5) is 5.69 Å². The largest absolute Gasteiger partial charge is 0.494 e. The monoisotopic (exact) mass is 401 g/mol. The van der Waals surface area contributed by atoms with Gasteiger partial charge in [-0.2, -0.15) is 0 Å². The van der Waals surface area contributed by atoms with Crippen molar-refractivity contribution in [3.63, 3.8) is 0 Å². The molecule has 0 aliphatic rings. The Hall–Kier alpha value is -2.69. The third kappa shape index (κ3) is 4.73. The minimum atomic E-state index is -0.405. The molecule has 0 unspecified atom stereocenters. The Morgan fingerprint density at radius 1 is 0.926 bits per heavy atom. The predicted octanol–water partition coefficient (Wildman–Crippen LogP) is 5.83. The summed E-state index contributed by atoms with van der Waals surface area (Å²) in [5, 5.41) is 3.36. The maximum atomic E-state index is 12.6. The Balaban J connectivity index is 1.68. The van der Waals surface area contributed by atoms with Gasteiger partial charge in [-0.3, -0.25) is 4.79 Å². The third-order valence-corrected chi connectivity index (χ3v) is 4.46. The van der Waals surface area contributed by atoms with Crippen LogP contribution in [0.1, 0.15) is 15.9 Å². The van der Waals surface area contributed by atoms with Crippen LogP contribution in [0.5, 0.6) is 11.5 Å². The van der Waals surface area contributed by atoms with Gasteiger partial charge < -0.3 is 14.8 Å². The van der Waals surface area contributed by atoms with Gasteiger partial charge >= 0.3 is 0 Å². The highest BCUT2D eigenvalue weighted by molar-refractivity contribution is 6.37. The Morgan fingerprint density at radius 2 is 1.59 bits per heavy atom. The molecule has 4 nitrogen and oxygen atoms in total. The number of halogens is 2. The summed E-state index contributed by atoms with van der Waals surface area (Å²) in [5.74, 6) is 0.539. The molecule has 0 bridgehead atoms. The van der Waals surface area contributed by atoms with Crippen molar-refractivity contribution in [2.45, 2.75) is 6.61 Å². The van der Waals surface area contributed by atoms with E-state index < -0.39 is 5.91 Å². The Labute approximate surface area is 167 Å². The van der Waals surface area contributed by atoms with Gasteiger partial charge in [0.05, 0.1) is 17.2 Å². The molecule has 27 heavy (non-hydrogen) atoms. The van der Waals surface area contributed by atoms with Crippen LogP contribution >= 0.6 is 23.2 Å². The summed E-state index contributed by atoms with van der Waals surface area (Å²) < 4.78 is 10.9. The van der Waals surface area contributed by atoms with Crippen LogP contribution in [0.2, 0.25) is 10.0 Å². The van der Waals surface area contributed by atoms with E-state index in [9.17, 15) is 4.79 Å². The van der Waals surface area contributed by atoms with Gasteiger partial charge in [0.25, 0.3) is 5.91 Å². The highest BCUT2D eigenvalue weighted by atomic mass is 35.5. The highest BCUT2D eigenvalue weighted by Gasteiger charge is 2.19. The fourth-order valence-corrected chi connectivity index (χ4v) is 2.98. The standard InChI is InChI=1S/C21H17Cl2NO3/c1-26-20-18(23)12-11-17(22)19(20)21(25)24-15-7-9-16(10-8-15)27-13-14-5-3-2-4-6-14/h2-12H,13H2,1H3,(H,24,25). The van der Waals surface area contributed by atoms with Crippen LogP contribution in [0, 0.1) is 0 Å². The molecule has 6 heteroatoms. The van der Waals surface area contributed by atoms with Crippen molar-refractivity contribution in [2.24, 2.45) is 0 Å². The smallest absolute Gasteiger partial charge is 0.261 e. The molecule has 0 aromatic heterocycles. The molecule has 0 spiro atoms. The van der Waals surface area contributed by atoms with E-state index in [0.717, 1.165) is 5.56 Å². The lowest BCUT2D eigenvalue weighted by Gasteiger charge is -2.13. The summed E-state index contributed by atoms with van der Waals surface area (Å²) in [7, 11) is 1.44. The van der Waals surface area contributed by atoms with Crippen molar-refractivity contribution >= 4 is 34.8 Å². The van der Waals surface area contributed by atoms with Crippen LogP contribution in [0.25, 0.3) is 0 Å². The van der Waals surface area contributed by atoms with Gasteiger partial charge in [0.1, 0.15) is 17.9 Å².